The average Bonchev–Trinajstić information content (AvgIpc) is 3.27. The molecule has 2 aromatic heterocycles. The molecule has 208 valence electrons. The molecule has 0 bridgehead atoms. The smallest absolute Gasteiger partial charge is 0.238 e. The Bertz CT molecular complexity index is 1630. The van der Waals surface area contributed by atoms with Crippen molar-refractivity contribution in [2.45, 2.75) is 62.8 Å². The summed E-state index contributed by atoms with van der Waals surface area (Å²) in [7, 11) is 1.67. The van der Waals surface area contributed by atoms with Crippen molar-refractivity contribution in [3.05, 3.63) is 53.0 Å². The maximum absolute atomic E-state index is 12.8. The molecule has 0 radical (unpaired) electrons. The second-order valence-electron chi connectivity index (χ2n) is 10.6. The van der Waals surface area contributed by atoms with Crippen LogP contribution in [0.15, 0.2) is 35.2 Å². The Labute approximate surface area is 230 Å². The van der Waals surface area contributed by atoms with Gasteiger partial charge < -0.3 is 19.9 Å². The number of methoxy groups -OCH3 is 1. The minimum atomic E-state index is -3.91. The van der Waals surface area contributed by atoms with Crippen LogP contribution in [0.2, 0.25) is 0 Å². The molecule has 5 rings (SSSR count). The highest BCUT2D eigenvalue weighted by molar-refractivity contribution is 7.89. The summed E-state index contributed by atoms with van der Waals surface area (Å²) in [6, 6.07) is 9.61. The van der Waals surface area contributed by atoms with Crippen LogP contribution in [0.4, 0.5) is 11.5 Å². The second kappa shape index (κ2) is 11.1. The SMILES string of the molecule is COCCc1nc2c(N)nc3c(c2n1CCCCc1ccc2c(N(C)C)cccc2c1S(N)(=O)=O)CCCC3. The fourth-order valence-corrected chi connectivity index (χ4v) is 6.96. The van der Waals surface area contributed by atoms with Crippen LogP contribution >= 0.6 is 0 Å². The van der Waals surface area contributed by atoms with Crippen molar-refractivity contribution < 1.29 is 13.2 Å². The monoisotopic (exact) mass is 550 g/mol. The van der Waals surface area contributed by atoms with Crippen molar-refractivity contribution in [1.82, 2.24) is 14.5 Å². The van der Waals surface area contributed by atoms with Gasteiger partial charge in [-0.3, -0.25) is 0 Å². The first kappa shape index (κ1) is 27.4. The van der Waals surface area contributed by atoms with Gasteiger partial charge in [0, 0.05) is 56.3 Å². The van der Waals surface area contributed by atoms with E-state index in [9.17, 15) is 8.42 Å². The van der Waals surface area contributed by atoms with Gasteiger partial charge in [0.2, 0.25) is 10.0 Å². The third-order valence-corrected chi connectivity index (χ3v) is 8.76. The molecular weight excluding hydrogens is 512 g/mol. The molecule has 0 atom stereocenters. The molecule has 0 fully saturated rings. The zero-order valence-electron chi connectivity index (χ0n) is 23.0. The van der Waals surface area contributed by atoms with Crippen molar-refractivity contribution in [3.8, 4) is 0 Å². The van der Waals surface area contributed by atoms with E-state index in [1.807, 2.05) is 49.3 Å². The predicted molar refractivity (Wildman–Crippen MR) is 157 cm³/mol. The van der Waals surface area contributed by atoms with Crippen LogP contribution in [0.1, 0.15) is 48.3 Å². The average molecular weight is 551 g/mol. The van der Waals surface area contributed by atoms with Gasteiger partial charge in [0.1, 0.15) is 11.3 Å². The molecule has 9 nitrogen and oxygen atoms in total. The van der Waals surface area contributed by atoms with Gasteiger partial charge in [-0.1, -0.05) is 24.3 Å². The number of ether oxygens (including phenoxy) is 1. The van der Waals surface area contributed by atoms with E-state index < -0.39 is 10.0 Å². The first-order valence-corrected chi connectivity index (χ1v) is 15.1. The minimum absolute atomic E-state index is 0.227. The summed E-state index contributed by atoms with van der Waals surface area (Å²) >= 11 is 0. The number of hydrogen-bond donors (Lipinski definition) is 2. The number of hydrogen-bond acceptors (Lipinski definition) is 7. The van der Waals surface area contributed by atoms with Crippen molar-refractivity contribution >= 4 is 43.3 Å². The van der Waals surface area contributed by atoms with Crippen LogP contribution in [0, 0.1) is 0 Å². The van der Waals surface area contributed by atoms with Crippen LogP contribution in [0.25, 0.3) is 21.8 Å². The third kappa shape index (κ3) is 5.33. The molecule has 0 unspecified atom stereocenters. The number of nitrogen functional groups attached to an aromatic ring is 1. The first-order chi connectivity index (χ1) is 18.7. The Hall–Kier alpha value is -3.21. The largest absolute Gasteiger partial charge is 0.384 e. The number of fused-ring (bicyclic) bond motifs is 4. The summed E-state index contributed by atoms with van der Waals surface area (Å²) < 4.78 is 33.1. The molecule has 1 aliphatic carbocycles. The van der Waals surface area contributed by atoms with E-state index >= 15 is 0 Å². The fourth-order valence-electron chi connectivity index (χ4n) is 5.94. The number of nitrogens with two attached hydrogens (primary N) is 2. The molecule has 2 aromatic carbocycles. The highest BCUT2D eigenvalue weighted by Gasteiger charge is 2.23. The van der Waals surface area contributed by atoms with Gasteiger partial charge in [-0.15, -0.1) is 0 Å². The number of nitrogens with zero attached hydrogens (tertiary/aromatic N) is 4. The van der Waals surface area contributed by atoms with Gasteiger partial charge >= 0.3 is 0 Å². The lowest BCUT2D eigenvalue weighted by Crippen LogP contribution is -2.16. The van der Waals surface area contributed by atoms with E-state index in [-0.39, 0.29) is 4.90 Å². The van der Waals surface area contributed by atoms with Crippen molar-refractivity contribution in [2.24, 2.45) is 5.14 Å². The quantitative estimate of drug-likeness (QED) is 0.286. The Morgan fingerprint density at radius 2 is 1.82 bits per heavy atom. The summed E-state index contributed by atoms with van der Waals surface area (Å²) in [6.07, 6.45) is 7.14. The second-order valence-corrected chi connectivity index (χ2v) is 12.1. The lowest BCUT2D eigenvalue weighted by atomic mass is 9.95. The highest BCUT2D eigenvalue weighted by atomic mass is 32.2. The number of primary sulfonamides is 1. The Balaban J connectivity index is 1.44. The molecule has 39 heavy (non-hydrogen) atoms. The number of benzene rings is 2. The van der Waals surface area contributed by atoms with Gasteiger partial charge in [0.25, 0.3) is 0 Å². The maximum Gasteiger partial charge on any atom is 0.238 e. The predicted octanol–water partition coefficient (Wildman–Crippen LogP) is 3.97. The summed E-state index contributed by atoms with van der Waals surface area (Å²) in [6.45, 7) is 1.33. The molecule has 10 heteroatoms. The van der Waals surface area contributed by atoms with E-state index in [4.69, 9.17) is 20.6 Å². The number of aromatic nitrogens is 3. The third-order valence-electron chi connectivity index (χ3n) is 7.71. The topological polar surface area (TPSA) is 129 Å². The Morgan fingerprint density at radius 3 is 2.56 bits per heavy atom. The van der Waals surface area contributed by atoms with Gasteiger partial charge in [-0.05, 0) is 62.1 Å². The van der Waals surface area contributed by atoms with Gasteiger partial charge in [-0.2, -0.15) is 0 Å². The molecule has 0 saturated heterocycles. The molecule has 0 amide bonds. The highest BCUT2D eigenvalue weighted by Crippen LogP contribution is 2.34. The number of unbranched alkanes of at least 4 members (excludes halogenated alkanes) is 1. The number of sulfonamides is 1. The standard InChI is InChI=1S/C29H38N6O3S/c1-34(2)24-13-8-11-21-20(24)15-14-19(28(21)39(31,36)37)9-6-7-17-35-25(16-18-38-3)33-26-27(35)22-10-4-5-12-23(22)32-29(26)30/h8,11,13-15H,4-7,9-10,12,16-18H2,1-3H3,(H2,30,32)(H2,31,36,37). The molecule has 1 aliphatic rings. The summed E-state index contributed by atoms with van der Waals surface area (Å²) in [5.41, 5.74) is 12.3. The normalized spacial score (nSPS) is 13.7. The number of pyridine rings is 1. The zero-order valence-corrected chi connectivity index (χ0v) is 23.9. The van der Waals surface area contributed by atoms with E-state index in [1.54, 1.807) is 7.11 Å². The Kier molecular flexibility index (Phi) is 7.80. The molecule has 2 heterocycles. The molecule has 0 spiro atoms. The number of anilines is 2. The summed E-state index contributed by atoms with van der Waals surface area (Å²) in [5, 5.41) is 7.29. The lowest BCUT2D eigenvalue weighted by Gasteiger charge is -2.19. The van der Waals surface area contributed by atoms with E-state index in [2.05, 4.69) is 9.55 Å². The number of imidazole rings is 1. The van der Waals surface area contributed by atoms with E-state index in [0.29, 0.717) is 30.7 Å². The molecule has 4 N–H and O–H groups in total. The summed E-state index contributed by atoms with van der Waals surface area (Å²) in [5.74, 6) is 1.44. The molecular formula is C29H38N6O3S. The maximum atomic E-state index is 12.8. The van der Waals surface area contributed by atoms with Crippen LogP contribution in [0.5, 0.6) is 0 Å². The molecule has 0 aliphatic heterocycles. The van der Waals surface area contributed by atoms with Crippen molar-refractivity contribution in [2.75, 3.05) is 38.4 Å². The van der Waals surface area contributed by atoms with E-state index in [1.165, 1.54) is 5.56 Å². The first-order valence-electron chi connectivity index (χ1n) is 13.6. The zero-order chi connectivity index (χ0) is 27.7. The number of rotatable bonds is 10. The van der Waals surface area contributed by atoms with Crippen molar-refractivity contribution in [1.29, 1.82) is 0 Å². The van der Waals surface area contributed by atoms with Crippen LogP contribution in [0.3, 0.4) is 0 Å². The minimum Gasteiger partial charge on any atom is -0.384 e. The van der Waals surface area contributed by atoms with Crippen LogP contribution in [-0.4, -0.2) is 50.8 Å². The Morgan fingerprint density at radius 1 is 1.03 bits per heavy atom. The van der Waals surface area contributed by atoms with Crippen molar-refractivity contribution in [3.63, 3.8) is 0 Å². The molecule has 0 saturated carbocycles. The van der Waals surface area contributed by atoms with Crippen LogP contribution < -0.4 is 15.8 Å². The number of aryl methyl sites for hydroxylation is 4. The van der Waals surface area contributed by atoms with Crippen LogP contribution in [-0.2, 0) is 47.0 Å². The van der Waals surface area contributed by atoms with E-state index in [0.717, 1.165) is 84.3 Å². The lowest BCUT2D eigenvalue weighted by molar-refractivity contribution is 0.199. The molecule has 4 aromatic rings. The fraction of sp³-hybridized carbons (Fsp3) is 0.448. The van der Waals surface area contributed by atoms with Gasteiger partial charge in [-0.25, -0.2) is 23.5 Å². The van der Waals surface area contributed by atoms with Gasteiger partial charge in [0.15, 0.2) is 5.82 Å². The van der Waals surface area contributed by atoms with Gasteiger partial charge in [0.05, 0.1) is 17.0 Å². The summed E-state index contributed by atoms with van der Waals surface area (Å²) in [4.78, 5) is 11.8.